The van der Waals surface area contributed by atoms with Crippen LogP contribution in [0.5, 0.6) is 5.75 Å². The van der Waals surface area contributed by atoms with E-state index in [0.29, 0.717) is 36.3 Å². The van der Waals surface area contributed by atoms with Crippen LogP contribution in [-0.2, 0) is 26.1 Å². The van der Waals surface area contributed by atoms with E-state index in [4.69, 9.17) is 9.47 Å². The summed E-state index contributed by atoms with van der Waals surface area (Å²) >= 11 is 0. The van der Waals surface area contributed by atoms with Gasteiger partial charge >= 0.3 is 5.97 Å². The summed E-state index contributed by atoms with van der Waals surface area (Å²) in [5.74, 6) is 0.153. The highest BCUT2D eigenvalue weighted by atomic mass is 32.2. The number of nitrogens with zero attached hydrogens (tertiary/aromatic N) is 3. The maximum atomic E-state index is 14.1. The molecule has 0 atom stereocenters. The van der Waals surface area contributed by atoms with Crippen LogP contribution >= 0.6 is 0 Å². The van der Waals surface area contributed by atoms with Gasteiger partial charge in [-0.25, -0.2) is 8.42 Å². The van der Waals surface area contributed by atoms with E-state index < -0.39 is 22.5 Å². The summed E-state index contributed by atoms with van der Waals surface area (Å²) < 4.78 is 40.3. The number of hydrogen-bond donors (Lipinski definition) is 0. The van der Waals surface area contributed by atoms with Gasteiger partial charge < -0.3 is 9.47 Å². The van der Waals surface area contributed by atoms with Crippen molar-refractivity contribution in [3.05, 3.63) is 96.7 Å². The van der Waals surface area contributed by atoms with Crippen molar-refractivity contribution in [1.29, 1.82) is 0 Å². The monoisotopic (exact) mass is 533 g/mol. The summed E-state index contributed by atoms with van der Waals surface area (Å²) in [6.07, 6.45) is 1.55. The van der Waals surface area contributed by atoms with E-state index in [-0.39, 0.29) is 11.5 Å². The highest BCUT2D eigenvalue weighted by Crippen LogP contribution is 2.31. The van der Waals surface area contributed by atoms with E-state index in [2.05, 4.69) is 4.98 Å². The molecule has 198 valence electrons. The van der Waals surface area contributed by atoms with Gasteiger partial charge in [0.25, 0.3) is 10.0 Å². The van der Waals surface area contributed by atoms with Crippen molar-refractivity contribution in [2.45, 2.75) is 18.4 Å². The molecule has 3 aromatic carbocycles. The summed E-state index contributed by atoms with van der Waals surface area (Å²) in [4.78, 5) is 19.0. The molecule has 1 aromatic heterocycles. The first-order valence-corrected chi connectivity index (χ1v) is 13.8. The zero-order valence-electron chi connectivity index (χ0n) is 21.5. The molecule has 0 radical (unpaired) electrons. The Bertz CT molecular complexity index is 1470. The van der Waals surface area contributed by atoms with Crippen molar-refractivity contribution >= 4 is 32.6 Å². The first kappa shape index (κ1) is 27.1. The van der Waals surface area contributed by atoms with Crippen LogP contribution in [0.3, 0.4) is 0 Å². The van der Waals surface area contributed by atoms with E-state index in [1.807, 2.05) is 54.4 Å². The Hall–Kier alpha value is -3.95. The molecule has 0 aliphatic rings. The van der Waals surface area contributed by atoms with Crippen LogP contribution in [0.25, 0.3) is 10.9 Å². The number of benzene rings is 3. The maximum absolute atomic E-state index is 14.1. The summed E-state index contributed by atoms with van der Waals surface area (Å²) in [6.45, 7) is 2.89. The number of carbonyl (C=O) groups is 1. The van der Waals surface area contributed by atoms with E-state index in [1.165, 1.54) is 6.07 Å². The van der Waals surface area contributed by atoms with E-state index >= 15 is 0 Å². The van der Waals surface area contributed by atoms with Crippen molar-refractivity contribution in [2.75, 3.05) is 37.7 Å². The number of carbonyl (C=O) groups excluding carboxylic acids is 1. The Morgan fingerprint density at radius 1 is 0.921 bits per heavy atom. The molecule has 0 N–H and O–H groups in total. The zero-order valence-corrected chi connectivity index (χ0v) is 22.3. The second-order valence-corrected chi connectivity index (χ2v) is 10.5. The number of likely N-dealkylation sites (N-methyl/N-ethyl adjacent to an activating group) is 1. The van der Waals surface area contributed by atoms with Crippen LogP contribution in [0.1, 0.15) is 12.5 Å². The Morgan fingerprint density at radius 2 is 1.66 bits per heavy atom. The SMILES string of the molecule is CCOC(=O)CN(c1ccccc1CN(C)CCOc1ccccc1)S(=O)(=O)c1cccc2cccnc12. The van der Waals surface area contributed by atoms with E-state index in [1.54, 1.807) is 49.5 Å². The first-order chi connectivity index (χ1) is 18.4. The smallest absolute Gasteiger partial charge is 0.326 e. The molecule has 4 rings (SSSR count). The van der Waals surface area contributed by atoms with Gasteiger partial charge in [0.05, 0.1) is 17.8 Å². The molecule has 0 aliphatic heterocycles. The largest absolute Gasteiger partial charge is 0.492 e. The number of ether oxygens (including phenoxy) is 2. The Balaban J connectivity index is 1.64. The summed E-state index contributed by atoms with van der Waals surface area (Å²) in [6, 6.07) is 25.3. The van der Waals surface area contributed by atoms with Gasteiger partial charge in [0.1, 0.15) is 23.8 Å². The number of anilines is 1. The van der Waals surface area contributed by atoms with Crippen LogP contribution in [0, 0.1) is 0 Å². The topological polar surface area (TPSA) is 89.0 Å². The molecule has 4 aromatic rings. The van der Waals surface area contributed by atoms with Crippen LogP contribution in [0.2, 0.25) is 0 Å². The number of aromatic nitrogens is 1. The highest BCUT2D eigenvalue weighted by Gasteiger charge is 2.31. The van der Waals surface area contributed by atoms with Crippen LogP contribution in [-0.4, -0.2) is 57.6 Å². The molecule has 0 amide bonds. The van der Waals surface area contributed by atoms with Crippen molar-refractivity contribution in [3.63, 3.8) is 0 Å². The number of para-hydroxylation sites is 3. The molecule has 9 heteroatoms. The standard InChI is InChI=1S/C29H31N3O5S/c1-3-36-28(33)22-32(38(34,35)27-17-9-12-23-13-10-18-30-29(23)27)26-16-8-7-11-24(26)21-31(2)19-20-37-25-14-5-4-6-15-25/h4-18H,3,19-22H2,1-2H3. The predicted molar refractivity (Wildman–Crippen MR) is 148 cm³/mol. The first-order valence-electron chi connectivity index (χ1n) is 12.4. The van der Waals surface area contributed by atoms with Gasteiger partial charge in [0, 0.05) is 24.7 Å². The van der Waals surface area contributed by atoms with Gasteiger partial charge in [0.15, 0.2) is 0 Å². The molecular weight excluding hydrogens is 502 g/mol. The fourth-order valence-electron chi connectivity index (χ4n) is 4.12. The third kappa shape index (κ3) is 6.48. The Kier molecular flexibility index (Phi) is 8.93. The number of pyridine rings is 1. The Labute approximate surface area is 223 Å². The molecule has 0 unspecified atom stereocenters. The fraction of sp³-hybridized carbons (Fsp3) is 0.241. The molecule has 0 bridgehead atoms. The van der Waals surface area contributed by atoms with E-state index in [9.17, 15) is 13.2 Å². The normalized spacial score (nSPS) is 11.4. The predicted octanol–water partition coefficient (Wildman–Crippen LogP) is 4.50. The highest BCUT2D eigenvalue weighted by molar-refractivity contribution is 7.93. The van der Waals surface area contributed by atoms with Crippen molar-refractivity contribution < 1.29 is 22.7 Å². The zero-order chi connectivity index (χ0) is 27.0. The second kappa shape index (κ2) is 12.5. The quantitative estimate of drug-likeness (QED) is 0.248. The van der Waals surface area contributed by atoms with Gasteiger partial charge in [-0.15, -0.1) is 0 Å². The lowest BCUT2D eigenvalue weighted by molar-refractivity contribution is -0.141. The van der Waals surface area contributed by atoms with E-state index in [0.717, 1.165) is 15.6 Å². The third-order valence-corrected chi connectivity index (χ3v) is 7.72. The lowest BCUT2D eigenvalue weighted by Crippen LogP contribution is -2.38. The number of esters is 1. The minimum atomic E-state index is -4.18. The van der Waals surface area contributed by atoms with Gasteiger partial charge in [-0.3, -0.25) is 19.0 Å². The lowest BCUT2D eigenvalue weighted by atomic mass is 10.1. The van der Waals surface area contributed by atoms with Crippen molar-refractivity contribution in [3.8, 4) is 5.75 Å². The summed E-state index contributed by atoms with van der Waals surface area (Å²) in [5.41, 5.74) is 1.50. The molecule has 0 saturated carbocycles. The van der Waals surface area contributed by atoms with Crippen molar-refractivity contribution in [1.82, 2.24) is 9.88 Å². The molecule has 0 aliphatic carbocycles. The number of sulfonamides is 1. The molecule has 0 saturated heterocycles. The molecule has 1 heterocycles. The molecule has 0 fully saturated rings. The van der Waals surface area contributed by atoms with Gasteiger partial charge in [0.2, 0.25) is 0 Å². The average Bonchev–Trinajstić information content (AvgIpc) is 2.92. The van der Waals surface area contributed by atoms with Gasteiger partial charge in [-0.05, 0) is 49.9 Å². The number of hydrogen-bond acceptors (Lipinski definition) is 7. The van der Waals surface area contributed by atoms with Crippen LogP contribution in [0.4, 0.5) is 5.69 Å². The van der Waals surface area contributed by atoms with Gasteiger partial charge in [-0.1, -0.05) is 54.6 Å². The third-order valence-electron chi connectivity index (χ3n) is 5.93. The molecule has 38 heavy (non-hydrogen) atoms. The number of rotatable bonds is 12. The van der Waals surface area contributed by atoms with Crippen molar-refractivity contribution in [2.24, 2.45) is 0 Å². The van der Waals surface area contributed by atoms with Crippen LogP contribution < -0.4 is 9.04 Å². The summed E-state index contributed by atoms with van der Waals surface area (Å²) in [7, 11) is -2.24. The van der Waals surface area contributed by atoms with Gasteiger partial charge in [-0.2, -0.15) is 0 Å². The lowest BCUT2D eigenvalue weighted by Gasteiger charge is -2.27. The maximum Gasteiger partial charge on any atom is 0.326 e. The fourth-order valence-corrected chi connectivity index (χ4v) is 5.74. The Morgan fingerprint density at radius 3 is 2.45 bits per heavy atom. The molecule has 0 spiro atoms. The summed E-state index contributed by atoms with van der Waals surface area (Å²) in [5, 5.41) is 0.691. The second-order valence-electron chi connectivity index (χ2n) is 8.68. The minimum Gasteiger partial charge on any atom is -0.492 e. The number of fused-ring (bicyclic) bond motifs is 1. The average molecular weight is 534 g/mol. The molecule has 8 nitrogen and oxygen atoms in total. The minimum absolute atomic E-state index is 0.0271. The van der Waals surface area contributed by atoms with Crippen LogP contribution in [0.15, 0.2) is 96.0 Å². The molecular formula is C29H31N3O5S.